The molecule has 0 aromatic carbocycles. The van der Waals surface area contributed by atoms with Gasteiger partial charge in [-0.3, -0.25) is 4.18 Å². The van der Waals surface area contributed by atoms with Crippen molar-refractivity contribution in [1.29, 1.82) is 0 Å². The normalized spacial score (nSPS) is 17.5. The van der Waals surface area contributed by atoms with Gasteiger partial charge in [-0.2, -0.15) is 0 Å². The highest BCUT2D eigenvalue weighted by molar-refractivity contribution is 7.74. The van der Waals surface area contributed by atoms with E-state index in [9.17, 15) is 8.76 Å². The lowest BCUT2D eigenvalue weighted by Gasteiger charge is -2.08. The van der Waals surface area contributed by atoms with Gasteiger partial charge >= 0.3 is 0 Å². The molecular weight excluding hydrogens is 152 g/mol. The van der Waals surface area contributed by atoms with Crippen molar-refractivity contribution in [1.82, 2.24) is 0 Å². The Morgan fingerprint density at radius 2 is 2.40 bits per heavy atom. The van der Waals surface area contributed by atoms with E-state index in [0.29, 0.717) is 0 Å². The third-order valence-electron chi connectivity index (χ3n) is 0.873. The van der Waals surface area contributed by atoms with Crippen LogP contribution in [0.4, 0.5) is 0 Å². The maximum atomic E-state index is 9.92. The molecule has 0 N–H and O–H groups in total. The van der Waals surface area contributed by atoms with Crippen molar-refractivity contribution in [3.63, 3.8) is 0 Å². The summed E-state index contributed by atoms with van der Waals surface area (Å²) in [6.07, 6.45) is 4.10. The Balaban J connectivity index is 3.52. The molecule has 0 spiro atoms. The number of hydrogen-bond donors (Lipinski definition) is 0. The van der Waals surface area contributed by atoms with Gasteiger partial charge in [0.2, 0.25) is 0 Å². The topological polar surface area (TPSA) is 49.4 Å². The second-order valence-corrected chi connectivity index (χ2v) is 2.44. The molecule has 0 radical (unpaired) electrons. The first-order valence-electron chi connectivity index (χ1n) is 3.10. The largest absolute Gasteiger partial charge is 0.750 e. The van der Waals surface area contributed by atoms with Gasteiger partial charge in [0.25, 0.3) is 0 Å². The molecule has 0 heterocycles. The van der Waals surface area contributed by atoms with Crippen molar-refractivity contribution in [2.45, 2.75) is 26.4 Å². The quantitative estimate of drug-likeness (QED) is 0.461. The zero-order valence-corrected chi connectivity index (χ0v) is 6.89. The third kappa shape index (κ3) is 5.94. The monoisotopic (exact) mass is 163 g/mol. The smallest absolute Gasteiger partial charge is 0.0890 e. The molecule has 0 aliphatic carbocycles. The van der Waals surface area contributed by atoms with Crippen molar-refractivity contribution >= 4 is 11.4 Å². The van der Waals surface area contributed by atoms with Gasteiger partial charge in [0.1, 0.15) is 0 Å². The predicted octanol–water partition coefficient (Wildman–Crippen LogP) is 1.15. The Kier molecular flexibility index (Phi) is 5.48. The van der Waals surface area contributed by atoms with E-state index in [4.69, 9.17) is 0 Å². The van der Waals surface area contributed by atoms with E-state index in [1.54, 1.807) is 13.0 Å². The van der Waals surface area contributed by atoms with Crippen LogP contribution in [0.5, 0.6) is 0 Å². The summed E-state index contributed by atoms with van der Waals surface area (Å²) in [5.74, 6) is 0. The standard InChI is InChI=1S/C6H12O3S/c1-3-4-5-6(2)9-10(7)8/h4-6H,3H2,1-2H3,(H,7,8)/p-1/b5-4+. The molecule has 0 fully saturated rings. The average molecular weight is 163 g/mol. The summed E-state index contributed by atoms with van der Waals surface area (Å²) in [7, 11) is 0. The Bertz CT molecular complexity index is 133. The van der Waals surface area contributed by atoms with E-state index in [2.05, 4.69) is 4.18 Å². The summed E-state index contributed by atoms with van der Waals surface area (Å²) in [5, 5.41) is 0. The summed E-state index contributed by atoms with van der Waals surface area (Å²) >= 11 is -2.40. The first kappa shape index (κ1) is 9.81. The van der Waals surface area contributed by atoms with Gasteiger partial charge in [-0.25, -0.2) is 4.21 Å². The van der Waals surface area contributed by atoms with Gasteiger partial charge < -0.3 is 4.55 Å². The lowest BCUT2D eigenvalue weighted by atomic mass is 10.3. The van der Waals surface area contributed by atoms with Gasteiger partial charge in [0.05, 0.1) is 17.5 Å². The first-order chi connectivity index (χ1) is 4.66. The molecule has 10 heavy (non-hydrogen) atoms. The zero-order chi connectivity index (χ0) is 7.98. The predicted molar refractivity (Wildman–Crippen MR) is 38.9 cm³/mol. The molecule has 2 atom stereocenters. The molecule has 0 aliphatic rings. The summed E-state index contributed by atoms with van der Waals surface area (Å²) < 4.78 is 24.2. The Morgan fingerprint density at radius 1 is 1.80 bits per heavy atom. The van der Waals surface area contributed by atoms with Crippen LogP contribution in [0.1, 0.15) is 20.3 Å². The highest BCUT2D eigenvalue weighted by Gasteiger charge is 1.93. The van der Waals surface area contributed by atoms with E-state index in [1.165, 1.54) is 0 Å². The molecule has 0 amide bonds. The van der Waals surface area contributed by atoms with E-state index >= 15 is 0 Å². The minimum absolute atomic E-state index is 0.349. The van der Waals surface area contributed by atoms with Crippen molar-refractivity contribution in [3.05, 3.63) is 12.2 Å². The highest BCUT2D eigenvalue weighted by atomic mass is 32.2. The molecule has 0 bridgehead atoms. The molecule has 0 rings (SSSR count). The Labute approximate surface area is 63.6 Å². The Hall–Kier alpha value is -0.190. The lowest BCUT2D eigenvalue weighted by molar-refractivity contribution is 0.261. The molecule has 0 aromatic rings. The summed E-state index contributed by atoms with van der Waals surface area (Å²) in [5.41, 5.74) is 0. The molecule has 2 unspecified atom stereocenters. The van der Waals surface area contributed by atoms with E-state index < -0.39 is 11.4 Å². The summed E-state index contributed by atoms with van der Waals surface area (Å²) in [4.78, 5) is 0. The third-order valence-corrected chi connectivity index (χ3v) is 1.33. The summed E-state index contributed by atoms with van der Waals surface area (Å²) in [6, 6.07) is 0. The second kappa shape index (κ2) is 5.58. The molecule has 0 saturated heterocycles. The van der Waals surface area contributed by atoms with Gasteiger partial charge in [-0.05, 0) is 13.3 Å². The minimum atomic E-state index is -2.40. The van der Waals surface area contributed by atoms with Gasteiger partial charge in [-0.15, -0.1) is 0 Å². The van der Waals surface area contributed by atoms with Crippen LogP contribution in [0.2, 0.25) is 0 Å². The Morgan fingerprint density at radius 3 is 2.80 bits per heavy atom. The molecular formula is C6H11O3S-. The van der Waals surface area contributed by atoms with Crippen molar-refractivity contribution in [3.8, 4) is 0 Å². The van der Waals surface area contributed by atoms with Crippen LogP contribution in [-0.2, 0) is 15.5 Å². The summed E-state index contributed by atoms with van der Waals surface area (Å²) in [6.45, 7) is 3.64. The van der Waals surface area contributed by atoms with Crippen LogP contribution in [-0.4, -0.2) is 14.9 Å². The van der Waals surface area contributed by atoms with Crippen molar-refractivity contribution < 1.29 is 12.9 Å². The van der Waals surface area contributed by atoms with Gasteiger partial charge in [-0.1, -0.05) is 19.1 Å². The number of hydrogen-bond acceptors (Lipinski definition) is 3. The first-order valence-corrected chi connectivity index (χ1v) is 4.10. The van der Waals surface area contributed by atoms with Crippen LogP contribution >= 0.6 is 0 Å². The average Bonchev–Trinajstić information content (AvgIpc) is 1.82. The van der Waals surface area contributed by atoms with E-state index in [0.717, 1.165) is 6.42 Å². The van der Waals surface area contributed by atoms with E-state index in [1.807, 2.05) is 13.0 Å². The zero-order valence-electron chi connectivity index (χ0n) is 6.07. The molecule has 60 valence electrons. The number of allylic oxidation sites excluding steroid dienone is 1. The van der Waals surface area contributed by atoms with Crippen LogP contribution in [0.25, 0.3) is 0 Å². The number of rotatable bonds is 4. The van der Waals surface area contributed by atoms with Gasteiger partial charge in [0, 0.05) is 0 Å². The van der Waals surface area contributed by atoms with Crippen LogP contribution in [0.15, 0.2) is 12.2 Å². The SMILES string of the molecule is CC/C=C/C(C)OS(=O)[O-]. The van der Waals surface area contributed by atoms with Crippen molar-refractivity contribution in [2.24, 2.45) is 0 Å². The fourth-order valence-corrected chi connectivity index (χ4v) is 0.796. The maximum Gasteiger partial charge on any atom is 0.0890 e. The van der Waals surface area contributed by atoms with E-state index in [-0.39, 0.29) is 6.10 Å². The molecule has 0 aliphatic heterocycles. The fourth-order valence-electron chi connectivity index (χ4n) is 0.484. The van der Waals surface area contributed by atoms with Crippen LogP contribution in [0, 0.1) is 0 Å². The highest BCUT2D eigenvalue weighted by Crippen LogP contribution is 1.95. The molecule has 0 saturated carbocycles. The van der Waals surface area contributed by atoms with Crippen LogP contribution < -0.4 is 0 Å². The van der Waals surface area contributed by atoms with Crippen molar-refractivity contribution in [2.75, 3.05) is 0 Å². The molecule has 0 aromatic heterocycles. The fraction of sp³-hybridized carbons (Fsp3) is 0.667. The molecule has 3 nitrogen and oxygen atoms in total. The maximum absolute atomic E-state index is 9.92. The lowest BCUT2D eigenvalue weighted by Crippen LogP contribution is -2.06. The van der Waals surface area contributed by atoms with Gasteiger partial charge in [0.15, 0.2) is 0 Å². The molecule has 4 heteroatoms. The second-order valence-electron chi connectivity index (χ2n) is 1.84. The minimum Gasteiger partial charge on any atom is -0.750 e. The van der Waals surface area contributed by atoms with Crippen LogP contribution in [0.3, 0.4) is 0 Å².